The summed E-state index contributed by atoms with van der Waals surface area (Å²) >= 11 is 0. The molecule has 4 N–H and O–H groups in total. The molecular weight excluding hydrogens is 276 g/mol. The van der Waals surface area contributed by atoms with E-state index in [0.29, 0.717) is 18.7 Å². The van der Waals surface area contributed by atoms with Crippen LogP contribution in [0.4, 0.5) is 11.4 Å². The van der Waals surface area contributed by atoms with Crippen LogP contribution in [-0.4, -0.2) is 40.5 Å². The second-order valence-electron chi connectivity index (χ2n) is 5.08. The molecular formula is C13H18N4O4. The van der Waals surface area contributed by atoms with Gasteiger partial charge in [-0.3, -0.25) is 20.8 Å². The number of hydrazine groups is 1. The van der Waals surface area contributed by atoms with Gasteiger partial charge >= 0.3 is 0 Å². The fourth-order valence-corrected chi connectivity index (χ4v) is 2.53. The maximum Gasteiger partial charge on any atom is 0.293 e. The quantitative estimate of drug-likeness (QED) is 0.427. The number of nitro groups is 1. The number of rotatable bonds is 4. The molecule has 0 aromatic heterocycles. The van der Waals surface area contributed by atoms with Crippen molar-refractivity contribution in [2.45, 2.75) is 12.8 Å². The van der Waals surface area contributed by atoms with E-state index < -0.39 is 4.92 Å². The standard InChI is InChI=1S/C13H18N4O4/c14-15-11-6-10(3-4-12(11)17(20)21)13(19)16-5-1-2-9(7-16)8-18/h3-4,6,9,15,18H,1-2,5,7-8,14H2. The number of aliphatic hydroxyl groups is 1. The summed E-state index contributed by atoms with van der Waals surface area (Å²) < 4.78 is 0. The lowest BCUT2D eigenvalue weighted by molar-refractivity contribution is -0.384. The molecule has 1 amide bonds. The smallest absolute Gasteiger partial charge is 0.293 e. The number of hydrogen-bond acceptors (Lipinski definition) is 6. The van der Waals surface area contributed by atoms with Crippen LogP contribution in [0.2, 0.25) is 0 Å². The number of nitro benzene ring substituents is 1. The van der Waals surface area contributed by atoms with E-state index in [1.807, 2.05) is 0 Å². The Bertz CT molecular complexity index is 549. The summed E-state index contributed by atoms with van der Waals surface area (Å²) in [6, 6.07) is 4.06. The Balaban J connectivity index is 2.21. The number of amides is 1. The second-order valence-corrected chi connectivity index (χ2v) is 5.08. The number of likely N-dealkylation sites (tertiary alicyclic amines) is 1. The number of hydrogen-bond donors (Lipinski definition) is 3. The number of benzene rings is 1. The molecule has 0 bridgehead atoms. The van der Waals surface area contributed by atoms with E-state index >= 15 is 0 Å². The number of carbonyl (C=O) groups excluding carboxylic acids is 1. The highest BCUT2D eigenvalue weighted by Gasteiger charge is 2.25. The number of nitrogens with one attached hydrogen (secondary N) is 1. The van der Waals surface area contributed by atoms with E-state index in [1.54, 1.807) is 4.90 Å². The third-order valence-electron chi connectivity index (χ3n) is 3.66. The Morgan fingerprint density at radius 2 is 2.33 bits per heavy atom. The van der Waals surface area contributed by atoms with Gasteiger partial charge < -0.3 is 15.4 Å². The van der Waals surface area contributed by atoms with E-state index in [4.69, 9.17) is 5.84 Å². The first-order chi connectivity index (χ1) is 10.1. The Hall–Kier alpha value is -2.19. The Morgan fingerprint density at radius 1 is 1.57 bits per heavy atom. The van der Waals surface area contributed by atoms with Crippen molar-refractivity contribution >= 4 is 17.3 Å². The van der Waals surface area contributed by atoms with Gasteiger partial charge in [-0.25, -0.2) is 0 Å². The summed E-state index contributed by atoms with van der Waals surface area (Å²) in [4.78, 5) is 24.3. The number of aliphatic hydroxyl groups excluding tert-OH is 1. The van der Waals surface area contributed by atoms with Crippen molar-refractivity contribution in [2.75, 3.05) is 25.1 Å². The molecule has 1 atom stereocenters. The van der Waals surface area contributed by atoms with Gasteiger partial charge in [-0.1, -0.05) is 0 Å². The first kappa shape index (κ1) is 15.2. The Morgan fingerprint density at radius 3 is 2.95 bits per heavy atom. The van der Waals surface area contributed by atoms with Crippen LogP contribution in [0.3, 0.4) is 0 Å². The van der Waals surface area contributed by atoms with Crippen molar-refractivity contribution < 1.29 is 14.8 Å². The van der Waals surface area contributed by atoms with Crippen LogP contribution in [0.15, 0.2) is 18.2 Å². The molecule has 0 aliphatic carbocycles. The molecule has 8 nitrogen and oxygen atoms in total. The van der Waals surface area contributed by atoms with Gasteiger partial charge in [-0.15, -0.1) is 0 Å². The van der Waals surface area contributed by atoms with Crippen LogP contribution >= 0.6 is 0 Å². The fraction of sp³-hybridized carbons (Fsp3) is 0.462. The zero-order chi connectivity index (χ0) is 15.4. The molecule has 0 radical (unpaired) electrons. The van der Waals surface area contributed by atoms with E-state index in [0.717, 1.165) is 12.8 Å². The zero-order valence-corrected chi connectivity index (χ0v) is 11.5. The van der Waals surface area contributed by atoms with E-state index in [2.05, 4.69) is 5.43 Å². The largest absolute Gasteiger partial charge is 0.396 e. The first-order valence-corrected chi connectivity index (χ1v) is 6.72. The van der Waals surface area contributed by atoms with Gasteiger partial charge in [0.05, 0.1) is 4.92 Å². The van der Waals surface area contributed by atoms with Crippen molar-refractivity contribution in [1.29, 1.82) is 0 Å². The van der Waals surface area contributed by atoms with Gasteiger partial charge in [0.25, 0.3) is 11.6 Å². The fourth-order valence-electron chi connectivity index (χ4n) is 2.53. The van der Waals surface area contributed by atoms with Gasteiger partial charge in [0.1, 0.15) is 5.69 Å². The molecule has 1 aromatic rings. The van der Waals surface area contributed by atoms with Crippen molar-refractivity contribution in [3.05, 3.63) is 33.9 Å². The molecule has 0 saturated carbocycles. The SMILES string of the molecule is NNc1cc(C(=O)N2CCCC(CO)C2)ccc1[N+](=O)[O-]. The average Bonchev–Trinajstić information content (AvgIpc) is 2.53. The molecule has 1 fully saturated rings. The Kier molecular flexibility index (Phi) is 4.71. The lowest BCUT2D eigenvalue weighted by atomic mass is 9.98. The van der Waals surface area contributed by atoms with Crippen LogP contribution in [-0.2, 0) is 0 Å². The minimum Gasteiger partial charge on any atom is -0.396 e. The van der Waals surface area contributed by atoms with Crippen molar-refractivity contribution in [3.63, 3.8) is 0 Å². The van der Waals surface area contributed by atoms with E-state index in [1.165, 1.54) is 18.2 Å². The molecule has 2 rings (SSSR count). The molecule has 1 aromatic carbocycles. The minimum atomic E-state index is -0.563. The molecule has 0 spiro atoms. The van der Waals surface area contributed by atoms with Crippen molar-refractivity contribution in [2.24, 2.45) is 11.8 Å². The summed E-state index contributed by atoms with van der Waals surface area (Å²) in [5.74, 6) is 5.15. The molecule has 1 saturated heterocycles. The number of carbonyl (C=O) groups is 1. The van der Waals surface area contributed by atoms with Gasteiger partial charge in [0, 0.05) is 31.3 Å². The molecule has 1 unspecified atom stereocenters. The predicted molar refractivity (Wildman–Crippen MR) is 76.6 cm³/mol. The maximum absolute atomic E-state index is 12.4. The molecule has 114 valence electrons. The summed E-state index contributed by atoms with van der Waals surface area (Å²) in [5.41, 5.74) is 2.50. The molecule has 1 aliphatic rings. The number of nitrogens with two attached hydrogens (primary N) is 1. The highest BCUT2D eigenvalue weighted by molar-refractivity contribution is 5.96. The van der Waals surface area contributed by atoms with E-state index in [9.17, 15) is 20.0 Å². The molecule has 1 heterocycles. The van der Waals surface area contributed by atoms with Crippen LogP contribution in [0, 0.1) is 16.0 Å². The van der Waals surface area contributed by atoms with Crippen LogP contribution in [0.5, 0.6) is 0 Å². The maximum atomic E-state index is 12.4. The summed E-state index contributed by atoms with van der Waals surface area (Å²) in [6.45, 7) is 1.18. The number of nitrogen functional groups attached to an aromatic ring is 1. The predicted octanol–water partition coefficient (Wildman–Crippen LogP) is 0.725. The summed E-state index contributed by atoms with van der Waals surface area (Å²) in [5, 5.41) is 20.0. The lowest BCUT2D eigenvalue weighted by Crippen LogP contribution is -2.41. The van der Waals surface area contributed by atoms with Crippen LogP contribution < -0.4 is 11.3 Å². The van der Waals surface area contributed by atoms with E-state index in [-0.39, 0.29) is 29.8 Å². The topological polar surface area (TPSA) is 122 Å². The third kappa shape index (κ3) is 3.29. The van der Waals surface area contributed by atoms with Crippen molar-refractivity contribution in [1.82, 2.24) is 4.90 Å². The molecule has 8 heteroatoms. The van der Waals surface area contributed by atoms with Gasteiger partial charge in [-0.05, 0) is 30.9 Å². The lowest BCUT2D eigenvalue weighted by Gasteiger charge is -2.32. The van der Waals surface area contributed by atoms with Crippen LogP contribution in [0.1, 0.15) is 23.2 Å². The van der Waals surface area contributed by atoms with Gasteiger partial charge in [0.15, 0.2) is 0 Å². The summed E-state index contributed by atoms with van der Waals surface area (Å²) in [7, 11) is 0. The summed E-state index contributed by atoms with van der Waals surface area (Å²) in [6.07, 6.45) is 1.74. The number of anilines is 1. The van der Waals surface area contributed by atoms with Gasteiger partial charge in [0.2, 0.25) is 0 Å². The molecule has 21 heavy (non-hydrogen) atoms. The zero-order valence-electron chi connectivity index (χ0n) is 11.5. The number of nitrogens with zero attached hydrogens (tertiary/aromatic N) is 2. The van der Waals surface area contributed by atoms with Gasteiger partial charge in [-0.2, -0.15) is 0 Å². The monoisotopic (exact) mass is 294 g/mol. The Labute approximate surface area is 121 Å². The minimum absolute atomic E-state index is 0.0552. The number of piperidine rings is 1. The highest BCUT2D eigenvalue weighted by atomic mass is 16.6. The first-order valence-electron chi connectivity index (χ1n) is 6.72. The second kappa shape index (κ2) is 6.51. The highest BCUT2D eigenvalue weighted by Crippen LogP contribution is 2.26. The van der Waals surface area contributed by atoms with Crippen LogP contribution in [0.25, 0.3) is 0 Å². The molecule has 1 aliphatic heterocycles. The third-order valence-corrected chi connectivity index (χ3v) is 3.66. The average molecular weight is 294 g/mol. The normalized spacial score (nSPS) is 18.4. The van der Waals surface area contributed by atoms with Crippen molar-refractivity contribution in [3.8, 4) is 0 Å².